The van der Waals surface area contributed by atoms with Crippen molar-refractivity contribution in [3.63, 3.8) is 0 Å². The summed E-state index contributed by atoms with van der Waals surface area (Å²) < 4.78 is 36.0. The Morgan fingerprint density at radius 2 is 1.90 bits per heavy atom. The van der Waals surface area contributed by atoms with E-state index in [-0.39, 0.29) is 16.5 Å². The first kappa shape index (κ1) is 13.8. The molecule has 2 aromatic rings. The maximum Gasteiger partial charge on any atom is 0.405 e. The molecule has 0 atom stereocenters. The number of alkyl halides is 3. The molecule has 0 saturated carbocycles. The van der Waals surface area contributed by atoms with E-state index in [2.05, 4.69) is 4.98 Å². The van der Waals surface area contributed by atoms with Crippen molar-refractivity contribution in [3.05, 3.63) is 44.6 Å². The van der Waals surface area contributed by atoms with Gasteiger partial charge in [-0.1, -0.05) is 0 Å². The topological polar surface area (TPSA) is 94.8 Å². The normalized spacial score (nSPS) is 11.6. The third-order valence-electron chi connectivity index (χ3n) is 2.45. The average molecular weight is 287 g/mol. The summed E-state index contributed by atoms with van der Waals surface area (Å²) in [5.41, 5.74) is -1.36. The molecular formula is C11H8F3N3O3. The molecule has 0 spiro atoms. The van der Waals surface area contributed by atoms with Crippen molar-refractivity contribution in [2.45, 2.75) is 6.18 Å². The Kier molecular flexibility index (Phi) is 3.35. The Morgan fingerprint density at radius 3 is 2.55 bits per heavy atom. The standard InChI is InChI=1S/C11H8F3N3O3/c12-11(13,14)4-15-8(18)5-1-2-7-6(3-5)9(19)17-10(20)16-7/h1-3H,4H2,(H,15,18)(H2,16,17,19,20). The van der Waals surface area contributed by atoms with Gasteiger partial charge in [-0.25, -0.2) is 4.79 Å². The van der Waals surface area contributed by atoms with Crippen molar-refractivity contribution in [2.24, 2.45) is 0 Å². The predicted octanol–water partition coefficient (Wildman–Crippen LogP) is 0.509. The lowest BCUT2D eigenvalue weighted by Crippen LogP contribution is -2.33. The Bertz CT molecular complexity index is 776. The number of fused-ring (bicyclic) bond motifs is 1. The quantitative estimate of drug-likeness (QED) is 0.751. The van der Waals surface area contributed by atoms with E-state index in [9.17, 15) is 27.6 Å². The molecule has 0 saturated heterocycles. The SMILES string of the molecule is O=C(NCC(F)(F)F)c1ccc2[nH]c(=O)[nH]c(=O)c2c1. The second-order valence-corrected chi connectivity index (χ2v) is 3.97. The lowest BCUT2D eigenvalue weighted by atomic mass is 10.1. The Labute approximate surface area is 108 Å². The van der Waals surface area contributed by atoms with Gasteiger partial charge >= 0.3 is 11.9 Å². The van der Waals surface area contributed by atoms with E-state index in [0.29, 0.717) is 0 Å². The fourth-order valence-corrected chi connectivity index (χ4v) is 1.59. The molecule has 0 aliphatic heterocycles. The number of nitrogens with one attached hydrogen (secondary N) is 3. The Balaban J connectivity index is 2.35. The fourth-order valence-electron chi connectivity index (χ4n) is 1.59. The van der Waals surface area contributed by atoms with Crippen molar-refractivity contribution in [2.75, 3.05) is 6.54 Å². The summed E-state index contributed by atoms with van der Waals surface area (Å²) in [6, 6.07) is 3.59. The largest absolute Gasteiger partial charge is 0.405 e. The molecule has 3 N–H and O–H groups in total. The van der Waals surface area contributed by atoms with Gasteiger partial charge in [0.1, 0.15) is 6.54 Å². The lowest BCUT2D eigenvalue weighted by molar-refractivity contribution is -0.123. The van der Waals surface area contributed by atoms with Crippen LogP contribution in [0.3, 0.4) is 0 Å². The maximum atomic E-state index is 12.0. The summed E-state index contributed by atoms with van der Waals surface area (Å²) in [5.74, 6) is -0.963. The zero-order chi connectivity index (χ0) is 14.9. The van der Waals surface area contributed by atoms with E-state index in [4.69, 9.17) is 0 Å². The van der Waals surface area contributed by atoms with Crippen LogP contribution in [0.4, 0.5) is 13.2 Å². The maximum absolute atomic E-state index is 12.0. The molecule has 0 radical (unpaired) electrons. The molecule has 0 unspecified atom stereocenters. The summed E-state index contributed by atoms with van der Waals surface area (Å²) in [6.07, 6.45) is -4.52. The molecule has 0 fully saturated rings. The second kappa shape index (κ2) is 4.83. The summed E-state index contributed by atoms with van der Waals surface area (Å²) in [6.45, 7) is -1.47. The summed E-state index contributed by atoms with van der Waals surface area (Å²) in [7, 11) is 0. The summed E-state index contributed by atoms with van der Waals surface area (Å²) >= 11 is 0. The van der Waals surface area contributed by atoms with Crippen LogP contribution in [0.2, 0.25) is 0 Å². The minimum absolute atomic E-state index is 0.00394. The van der Waals surface area contributed by atoms with Gasteiger partial charge in [-0.2, -0.15) is 13.2 Å². The number of amides is 1. The van der Waals surface area contributed by atoms with Crippen molar-refractivity contribution >= 4 is 16.8 Å². The van der Waals surface area contributed by atoms with E-state index in [0.717, 1.165) is 6.07 Å². The van der Waals surface area contributed by atoms with Crippen LogP contribution >= 0.6 is 0 Å². The molecule has 20 heavy (non-hydrogen) atoms. The average Bonchev–Trinajstić information content (AvgIpc) is 2.34. The number of rotatable bonds is 2. The van der Waals surface area contributed by atoms with Crippen LogP contribution in [0, 0.1) is 0 Å². The van der Waals surface area contributed by atoms with Crippen LogP contribution in [-0.2, 0) is 0 Å². The zero-order valence-electron chi connectivity index (χ0n) is 9.80. The number of benzene rings is 1. The second-order valence-electron chi connectivity index (χ2n) is 3.97. The number of hydrogen-bond acceptors (Lipinski definition) is 3. The van der Waals surface area contributed by atoms with Crippen LogP contribution in [0.25, 0.3) is 10.9 Å². The highest BCUT2D eigenvalue weighted by Crippen LogP contribution is 2.13. The van der Waals surface area contributed by atoms with E-state index in [1.165, 1.54) is 12.1 Å². The van der Waals surface area contributed by atoms with E-state index in [1.807, 2.05) is 4.98 Å². The third kappa shape index (κ3) is 3.05. The van der Waals surface area contributed by atoms with Crippen molar-refractivity contribution in [1.82, 2.24) is 15.3 Å². The van der Waals surface area contributed by atoms with Crippen LogP contribution in [0.15, 0.2) is 27.8 Å². The lowest BCUT2D eigenvalue weighted by Gasteiger charge is -2.08. The first-order valence-corrected chi connectivity index (χ1v) is 5.37. The molecule has 106 valence electrons. The molecule has 9 heteroatoms. The Morgan fingerprint density at radius 1 is 1.20 bits per heavy atom. The first-order valence-electron chi connectivity index (χ1n) is 5.37. The van der Waals surface area contributed by atoms with Gasteiger partial charge in [0.05, 0.1) is 10.9 Å². The molecule has 1 aromatic heterocycles. The first-order chi connectivity index (χ1) is 9.26. The van der Waals surface area contributed by atoms with Gasteiger partial charge in [-0.05, 0) is 18.2 Å². The molecule has 2 rings (SSSR count). The van der Waals surface area contributed by atoms with Gasteiger partial charge in [-0.3, -0.25) is 14.6 Å². The molecule has 1 heterocycles. The van der Waals surface area contributed by atoms with Gasteiger partial charge in [-0.15, -0.1) is 0 Å². The molecular weight excluding hydrogens is 279 g/mol. The highest BCUT2D eigenvalue weighted by atomic mass is 19.4. The van der Waals surface area contributed by atoms with Crippen LogP contribution in [-0.4, -0.2) is 28.6 Å². The van der Waals surface area contributed by atoms with Gasteiger partial charge in [0.25, 0.3) is 11.5 Å². The molecule has 6 nitrogen and oxygen atoms in total. The zero-order valence-corrected chi connectivity index (χ0v) is 9.80. The van der Waals surface area contributed by atoms with E-state index < -0.39 is 29.9 Å². The van der Waals surface area contributed by atoms with Crippen LogP contribution in [0.1, 0.15) is 10.4 Å². The minimum atomic E-state index is -4.52. The minimum Gasteiger partial charge on any atom is -0.343 e. The van der Waals surface area contributed by atoms with E-state index >= 15 is 0 Å². The number of carbonyl (C=O) groups excluding carboxylic acids is 1. The van der Waals surface area contributed by atoms with Gasteiger partial charge in [0.2, 0.25) is 0 Å². The van der Waals surface area contributed by atoms with E-state index in [1.54, 1.807) is 5.32 Å². The van der Waals surface area contributed by atoms with Gasteiger partial charge < -0.3 is 10.3 Å². The number of hydrogen-bond donors (Lipinski definition) is 3. The van der Waals surface area contributed by atoms with Crippen molar-refractivity contribution in [1.29, 1.82) is 0 Å². The van der Waals surface area contributed by atoms with Gasteiger partial charge in [0.15, 0.2) is 0 Å². The van der Waals surface area contributed by atoms with Crippen LogP contribution in [0.5, 0.6) is 0 Å². The van der Waals surface area contributed by atoms with Crippen molar-refractivity contribution < 1.29 is 18.0 Å². The summed E-state index contributed by atoms with van der Waals surface area (Å²) in [5, 5.41) is 1.69. The monoisotopic (exact) mass is 287 g/mol. The molecule has 1 aromatic carbocycles. The smallest absolute Gasteiger partial charge is 0.343 e. The fraction of sp³-hybridized carbons (Fsp3) is 0.182. The number of aromatic amines is 2. The highest BCUT2D eigenvalue weighted by molar-refractivity contribution is 5.97. The van der Waals surface area contributed by atoms with Gasteiger partial charge in [0, 0.05) is 5.56 Å². The number of halogens is 3. The number of aromatic nitrogens is 2. The Hall–Kier alpha value is -2.58. The molecule has 1 amide bonds. The highest BCUT2D eigenvalue weighted by Gasteiger charge is 2.27. The third-order valence-corrected chi connectivity index (χ3v) is 2.45. The molecule has 0 bridgehead atoms. The van der Waals surface area contributed by atoms with Crippen molar-refractivity contribution in [3.8, 4) is 0 Å². The molecule has 0 aliphatic rings. The number of carbonyl (C=O) groups is 1. The predicted molar refractivity (Wildman–Crippen MR) is 63.6 cm³/mol. The van der Waals surface area contributed by atoms with Crippen LogP contribution < -0.4 is 16.6 Å². The summed E-state index contributed by atoms with van der Waals surface area (Å²) in [4.78, 5) is 38.3. The number of H-pyrrole nitrogens is 2. The molecule has 0 aliphatic carbocycles.